The van der Waals surface area contributed by atoms with Crippen LogP contribution in [0.15, 0.2) is 30.0 Å². The van der Waals surface area contributed by atoms with Gasteiger partial charge >= 0.3 is 0 Å². The van der Waals surface area contributed by atoms with Crippen LogP contribution in [0.5, 0.6) is 5.75 Å². The fraction of sp³-hybridized carbons (Fsp3) is 0.667. The molecule has 0 aromatic heterocycles. The Labute approximate surface area is 177 Å². The van der Waals surface area contributed by atoms with Crippen molar-refractivity contribution >= 4 is 23.5 Å². The molecule has 3 aliphatic carbocycles. The Morgan fingerprint density at radius 2 is 2.00 bits per heavy atom. The van der Waals surface area contributed by atoms with E-state index in [0.717, 1.165) is 5.75 Å². The van der Waals surface area contributed by atoms with Crippen molar-refractivity contribution in [1.29, 1.82) is 0 Å². The quantitative estimate of drug-likeness (QED) is 0.560. The molecule has 2 aliphatic heterocycles. The van der Waals surface area contributed by atoms with Crippen molar-refractivity contribution in [2.75, 3.05) is 18.6 Å². The number of thioether (sulfide) groups is 2. The van der Waals surface area contributed by atoms with Crippen LogP contribution in [-0.4, -0.2) is 28.8 Å². The first-order chi connectivity index (χ1) is 13.5. The van der Waals surface area contributed by atoms with Crippen LogP contribution in [0.3, 0.4) is 0 Å². The number of rotatable bonds is 1. The smallest absolute Gasteiger partial charge is 0.119 e. The lowest BCUT2D eigenvalue weighted by Crippen LogP contribution is -2.55. The van der Waals surface area contributed by atoms with E-state index in [4.69, 9.17) is 9.47 Å². The van der Waals surface area contributed by atoms with E-state index in [9.17, 15) is 0 Å². The molecule has 5 aliphatic rings. The van der Waals surface area contributed by atoms with Gasteiger partial charge in [0, 0.05) is 28.8 Å². The summed E-state index contributed by atoms with van der Waals surface area (Å²) in [7, 11) is 1.78. The Morgan fingerprint density at radius 1 is 1.18 bits per heavy atom. The van der Waals surface area contributed by atoms with E-state index in [2.05, 4.69) is 61.6 Å². The molecule has 2 saturated carbocycles. The van der Waals surface area contributed by atoms with Crippen LogP contribution >= 0.6 is 23.5 Å². The molecule has 0 bridgehead atoms. The van der Waals surface area contributed by atoms with E-state index in [1.54, 1.807) is 12.7 Å². The minimum absolute atomic E-state index is 0.210. The van der Waals surface area contributed by atoms with Crippen molar-refractivity contribution in [3.8, 4) is 5.75 Å². The number of benzene rings is 1. The second-order valence-corrected chi connectivity index (χ2v) is 12.7. The van der Waals surface area contributed by atoms with Gasteiger partial charge in [0.1, 0.15) is 11.9 Å². The van der Waals surface area contributed by atoms with Gasteiger partial charge in [-0.3, -0.25) is 0 Å². The lowest BCUT2D eigenvalue weighted by molar-refractivity contribution is -0.0588. The Hall–Kier alpha value is -0.740. The predicted molar refractivity (Wildman–Crippen MR) is 118 cm³/mol. The summed E-state index contributed by atoms with van der Waals surface area (Å²) in [5.41, 5.74) is 3.66. The number of ether oxygens (including phenoxy) is 2. The first-order valence-electron chi connectivity index (χ1n) is 10.8. The highest BCUT2D eigenvalue weighted by atomic mass is 32.2. The van der Waals surface area contributed by atoms with Gasteiger partial charge in [-0.05, 0) is 73.8 Å². The van der Waals surface area contributed by atoms with Crippen molar-refractivity contribution in [1.82, 2.24) is 0 Å². The fourth-order valence-corrected chi connectivity index (χ4v) is 11.6. The van der Waals surface area contributed by atoms with E-state index >= 15 is 0 Å². The molecule has 2 spiro atoms. The lowest BCUT2D eigenvalue weighted by atomic mass is 9.47. The molecule has 0 N–H and O–H groups in total. The molecule has 150 valence electrons. The minimum atomic E-state index is 0.210. The van der Waals surface area contributed by atoms with E-state index < -0.39 is 0 Å². The summed E-state index contributed by atoms with van der Waals surface area (Å²) >= 11 is 4.51. The molecule has 0 amide bonds. The van der Waals surface area contributed by atoms with Crippen LogP contribution in [0.1, 0.15) is 56.6 Å². The van der Waals surface area contributed by atoms with Gasteiger partial charge in [-0.25, -0.2) is 0 Å². The second kappa shape index (κ2) is 5.91. The number of allylic oxidation sites excluding steroid dienone is 1. The van der Waals surface area contributed by atoms with Gasteiger partial charge in [-0.2, -0.15) is 0 Å². The average Bonchev–Trinajstić information content (AvgIpc) is 3.35. The molecule has 0 radical (unpaired) electrons. The zero-order chi connectivity index (χ0) is 19.1. The molecule has 6 rings (SSSR count). The maximum Gasteiger partial charge on any atom is 0.119 e. The molecule has 3 fully saturated rings. The summed E-state index contributed by atoms with van der Waals surface area (Å²) in [5.74, 6) is 6.18. The second-order valence-electron chi connectivity index (χ2n) is 9.64. The van der Waals surface area contributed by atoms with Crippen LogP contribution in [-0.2, 0) is 11.2 Å². The summed E-state index contributed by atoms with van der Waals surface area (Å²) in [6.07, 6.45) is 9.33. The third-order valence-electron chi connectivity index (χ3n) is 8.84. The molecular formula is C24H30O2S2. The number of hydrogen-bond acceptors (Lipinski definition) is 4. The van der Waals surface area contributed by atoms with Crippen molar-refractivity contribution in [3.05, 3.63) is 41.2 Å². The summed E-state index contributed by atoms with van der Waals surface area (Å²) < 4.78 is 12.5. The van der Waals surface area contributed by atoms with Crippen molar-refractivity contribution in [2.45, 2.75) is 62.1 Å². The van der Waals surface area contributed by atoms with Gasteiger partial charge in [-0.15, -0.1) is 23.5 Å². The molecule has 1 saturated heterocycles. The molecule has 1 aromatic carbocycles. The van der Waals surface area contributed by atoms with Crippen LogP contribution in [0.4, 0.5) is 0 Å². The van der Waals surface area contributed by atoms with Gasteiger partial charge < -0.3 is 9.47 Å². The molecule has 1 aromatic rings. The first kappa shape index (κ1) is 18.1. The van der Waals surface area contributed by atoms with Gasteiger partial charge in [-0.1, -0.05) is 13.0 Å². The van der Waals surface area contributed by atoms with Crippen molar-refractivity contribution in [2.24, 2.45) is 16.7 Å². The minimum Gasteiger partial charge on any atom is -0.497 e. The highest BCUT2D eigenvalue weighted by molar-refractivity contribution is 8.21. The predicted octanol–water partition coefficient (Wildman–Crippen LogP) is 6.01. The maximum atomic E-state index is 6.59. The monoisotopic (exact) mass is 414 g/mol. The van der Waals surface area contributed by atoms with Gasteiger partial charge in [0.2, 0.25) is 0 Å². The van der Waals surface area contributed by atoms with Crippen LogP contribution in [0.2, 0.25) is 0 Å². The number of aryl methyl sites for hydroxylation is 1. The summed E-state index contributed by atoms with van der Waals surface area (Å²) in [4.78, 5) is 0. The van der Waals surface area contributed by atoms with E-state index in [1.807, 2.05) is 0 Å². The molecule has 0 unspecified atom stereocenters. The Kier molecular flexibility index (Phi) is 3.81. The Morgan fingerprint density at radius 3 is 2.79 bits per heavy atom. The molecular weight excluding hydrogens is 384 g/mol. The van der Waals surface area contributed by atoms with E-state index in [0.29, 0.717) is 27.4 Å². The van der Waals surface area contributed by atoms with E-state index in [1.165, 1.54) is 54.9 Å². The Balaban J connectivity index is 1.49. The summed E-state index contributed by atoms with van der Waals surface area (Å²) in [6, 6.07) is 6.84. The molecule has 2 nitrogen and oxygen atoms in total. The Bertz CT molecular complexity index is 858. The fourth-order valence-electron chi connectivity index (χ4n) is 7.75. The number of methoxy groups -OCH3 is 1. The first-order valence-corrected chi connectivity index (χ1v) is 12.8. The number of fused-ring (bicyclic) bond motifs is 4. The summed E-state index contributed by atoms with van der Waals surface area (Å²) in [5, 5.41) is 0. The zero-order valence-corrected chi connectivity index (χ0v) is 18.8. The summed E-state index contributed by atoms with van der Waals surface area (Å²) in [6.45, 7) is 4.83. The molecule has 2 heterocycles. The third kappa shape index (κ3) is 2.00. The normalized spacial score (nSPS) is 42.2. The average molecular weight is 415 g/mol. The van der Waals surface area contributed by atoms with E-state index in [-0.39, 0.29) is 5.41 Å². The number of hydrogen-bond donors (Lipinski definition) is 0. The van der Waals surface area contributed by atoms with Crippen LogP contribution in [0, 0.1) is 16.7 Å². The zero-order valence-electron chi connectivity index (χ0n) is 17.1. The third-order valence-corrected chi connectivity index (χ3v) is 12.8. The topological polar surface area (TPSA) is 18.5 Å². The SMILES string of the molecule is COc1ccc2c(c1)CC[C@@H]1[C@@H]2CC[C@]2(C)C3(C[C@H]4OC(C)=C[C@]142)SCCS3. The van der Waals surface area contributed by atoms with Crippen LogP contribution < -0.4 is 4.74 Å². The van der Waals surface area contributed by atoms with Gasteiger partial charge in [0.15, 0.2) is 0 Å². The lowest BCUT2D eigenvalue weighted by Gasteiger charge is -2.59. The molecule has 5 atom stereocenters. The molecule has 28 heavy (non-hydrogen) atoms. The van der Waals surface area contributed by atoms with Crippen molar-refractivity contribution in [3.63, 3.8) is 0 Å². The standard InChI is InChI=1S/C24H30O2S2/c1-15-13-23-20-7-4-16-12-17(25-3)5-6-18(16)19(20)8-9-22(23,2)24(14-21(23)26-15)27-10-11-28-24/h5-6,12-13,19-21H,4,7-11,14H2,1-3H3/t19-,20-,21-,22+,23+/m1/s1. The highest BCUT2D eigenvalue weighted by Gasteiger charge is 2.76. The molecule has 4 heteroatoms. The van der Waals surface area contributed by atoms with Gasteiger partial charge in [0.25, 0.3) is 0 Å². The highest BCUT2D eigenvalue weighted by Crippen LogP contribution is 2.79. The largest absolute Gasteiger partial charge is 0.497 e. The van der Waals surface area contributed by atoms with Gasteiger partial charge in [0.05, 0.1) is 16.9 Å². The van der Waals surface area contributed by atoms with Crippen LogP contribution in [0.25, 0.3) is 0 Å². The van der Waals surface area contributed by atoms with Crippen molar-refractivity contribution < 1.29 is 9.47 Å². The maximum absolute atomic E-state index is 6.59.